The minimum atomic E-state index is -0.432. The van der Waals surface area contributed by atoms with Gasteiger partial charge in [-0.05, 0) is 34.8 Å². The Kier molecular flexibility index (Phi) is 6.54. The smallest absolute Gasteiger partial charge is 0.271 e. The van der Waals surface area contributed by atoms with Crippen molar-refractivity contribution in [3.63, 3.8) is 0 Å². The Bertz CT molecular complexity index is 752. The zero-order valence-electron chi connectivity index (χ0n) is 14.2. The molecule has 0 aliphatic rings. The first-order valence-corrected chi connectivity index (χ1v) is 9.24. The van der Waals surface area contributed by atoms with Crippen LogP contribution in [0.15, 0.2) is 22.7 Å². The molecule has 0 N–H and O–H groups in total. The minimum Gasteiger partial charge on any atom is -0.283 e. The molecule has 0 spiro atoms. The molecule has 5 nitrogen and oxygen atoms in total. The molecule has 0 unspecified atom stereocenters. The van der Waals surface area contributed by atoms with E-state index >= 15 is 0 Å². The second kappa shape index (κ2) is 8.42. The van der Waals surface area contributed by atoms with Crippen LogP contribution in [0.3, 0.4) is 0 Å². The Morgan fingerprint density at radius 2 is 1.88 bits per heavy atom. The van der Waals surface area contributed by atoms with E-state index < -0.39 is 4.92 Å². The van der Waals surface area contributed by atoms with Gasteiger partial charge in [0.05, 0.1) is 10.4 Å². The Balaban J connectivity index is 2.28. The van der Waals surface area contributed by atoms with Gasteiger partial charge >= 0.3 is 0 Å². The molecule has 2 rings (SSSR count). The van der Waals surface area contributed by atoms with Crippen LogP contribution in [0.5, 0.6) is 0 Å². The van der Waals surface area contributed by atoms with Crippen LogP contribution in [0.25, 0.3) is 10.9 Å². The third kappa shape index (κ3) is 4.04. The average molecular weight is 395 g/mol. The highest BCUT2D eigenvalue weighted by Crippen LogP contribution is 2.34. The monoisotopic (exact) mass is 394 g/mol. The van der Waals surface area contributed by atoms with Crippen LogP contribution in [0.2, 0.25) is 0 Å². The Labute approximate surface area is 150 Å². The summed E-state index contributed by atoms with van der Waals surface area (Å²) in [6.07, 6.45) is 7.87. The van der Waals surface area contributed by atoms with E-state index in [4.69, 9.17) is 0 Å². The van der Waals surface area contributed by atoms with E-state index in [0.29, 0.717) is 5.52 Å². The van der Waals surface area contributed by atoms with E-state index in [1.807, 2.05) is 0 Å². The standard InChI is InChI=1S/C18H23BrN2O3/c1-3-4-5-6-7-8-9-16-18(19)15-11-10-14(21(23)24)12-17(15)20(16)13(2)22/h10-12H,3-9H2,1-2H3. The van der Waals surface area contributed by atoms with E-state index in [9.17, 15) is 14.9 Å². The number of aromatic nitrogens is 1. The fourth-order valence-corrected chi connectivity index (χ4v) is 3.77. The Morgan fingerprint density at radius 1 is 1.21 bits per heavy atom. The van der Waals surface area contributed by atoms with Crippen LogP contribution in [-0.2, 0) is 6.42 Å². The maximum absolute atomic E-state index is 12.1. The molecule has 1 heterocycles. The van der Waals surface area contributed by atoms with Crippen molar-refractivity contribution < 1.29 is 9.72 Å². The van der Waals surface area contributed by atoms with E-state index in [0.717, 1.165) is 34.8 Å². The molecule has 0 fully saturated rings. The minimum absolute atomic E-state index is 0.00103. The number of hydrogen-bond donors (Lipinski definition) is 0. The van der Waals surface area contributed by atoms with Crippen LogP contribution >= 0.6 is 15.9 Å². The lowest BCUT2D eigenvalue weighted by Gasteiger charge is -2.07. The Morgan fingerprint density at radius 3 is 2.50 bits per heavy atom. The molecule has 1 aromatic heterocycles. The number of nitrogens with zero attached hydrogens (tertiary/aromatic N) is 2. The summed E-state index contributed by atoms with van der Waals surface area (Å²) in [5, 5.41) is 11.9. The highest BCUT2D eigenvalue weighted by molar-refractivity contribution is 9.10. The summed E-state index contributed by atoms with van der Waals surface area (Å²) in [6, 6.07) is 4.67. The van der Waals surface area contributed by atoms with Gasteiger partial charge in [0.1, 0.15) is 0 Å². The van der Waals surface area contributed by atoms with Crippen LogP contribution in [0.1, 0.15) is 62.9 Å². The number of rotatable bonds is 8. The molecule has 1 aromatic carbocycles. The second-order valence-electron chi connectivity index (χ2n) is 6.09. The first kappa shape index (κ1) is 18.6. The predicted octanol–water partition coefficient (Wildman–Crippen LogP) is 5.88. The number of benzene rings is 1. The molecule has 0 saturated carbocycles. The number of halogens is 1. The van der Waals surface area contributed by atoms with Gasteiger partial charge in [-0.15, -0.1) is 0 Å². The number of carbonyl (C=O) groups is 1. The number of hydrogen-bond acceptors (Lipinski definition) is 3. The molecule has 0 bridgehead atoms. The van der Waals surface area contributed by atoms with Gasteiger partial charge in [0.15, 0.2) is 0 Å². The van der Waals surface area contributed by atoms with Crippen molar-refractivity contribution in [3.05, 3.63) is 38.5 Å². The SMILES string of the molecule is CCCCCCCCc1c(Br)c2ccc([N+](=O)[O-])cc2n1C(C)=O. The normalized spacial score (nSPS) is 11.1. The predicted molar refractivity (Wildman–Crippen MR) is 99.7 cm³/mol. The molecule has 0 aliphatic carbocycles. The van der Waals surface area contributed by atoms with Crippen molar-refractivity contribution in [2.75, 3.05) is 0 Å². The van der Waals surface area contributed by atoms with Crippen molar-refractivity contribution in [3.8, 4) is 0 Å². The summed E-state index contributed by atoms with van der Waals surface area (Å²) in [5.74, 6) is -0.118. The molecule has 0 saturated heterocycles. The highest BCUT2D eigenvalue weighted by Gasteiger charge is 2.20. The first-order valence-electron chi connectivity index (χ1n) is 8.45. The fraction of sp³-hybridized carbons (Fsp3) is 0.500. The van der Waals surface area contributed by atoms with Crippen molar-refractivity contribution in [2.24, 2.45) is 0 Å². The molecular formula is C18H23BrN2O3. The van der Waals surface area contributed by atoms with Gasteiger partial charge in [-0.25, -0.2) is 0 Å². The average Bonchev–Trinajstić information content (AvgIpc) is 2.82. The maximum atomic E-state index is 12.1. The lowest BCUT2D eigenvalue weighted by atomic mass is 10.1. The van der Waals surface area contributed by atoms with E-state index in [-0.39, 0.29) is 11.6 Å². The lowest BCUT2D eigenvalue weighted by molar-refractivity contribution is -0.384. The van der Waals surface area contributed by atoms with Gasteiger partial charge in [-0.1, -0.05) is 39.0 Å². The summed E-state index contributed by atoms with van der Waals surface area (Å²) in [7, 11) is 0. The molecule has 24 heavy (non-hydrogen) atoms. The van der Waals surface area contributed by atoms with Crippen molar-refractivity contribution in [1.82, 2.24) is 4.57 Å². The number of carbonyl (C=O) groups excluding carboxylic acids is 1. The van der Waals surface area contributed by atoms with Crippen molar-refractivity contribution in [1.29, 1.82) is 0 Å². The highest BCUT2D eigenvalue weighted by atomic mass is 79.9. The number of non-ortho nitro benzene ring substituents is 1. The lowest BCUT2D eigenvalue weighted by Crippen LogP contribution is -2.10. The summed E-state index contributed by atoms with van der Waals surface area (Å²) in [6.45, 7) is 3.69. The number of nitro groups is 1. The fourth-order valence-electron chi connectivity index (χ4n) is 3.06. The van der Waals surface area contributed by atoms with Gasteiger partial charge in [0, 0.05) is 34.6 Å². The molecule has 0 aliphatic heterocycles. The molecule has 6 heteroatoms. The van der Waals surface area contributed by atoms with E-state index in [2.05, 4.69) is 22.9 Å². The zero-order valence-corrected chi connectivity index (χ0v) is 15.8. The largest absolute Gasteiger partial charge is 0.283 e. The van der Waals surface area contributed by atoms with E-state index in [1.165, 1.54) is 44.7 Å². The third-order valence-corrected chi connectivity index (χ3v) is 5.16. The molecule has 130 valence electrons. The number of nitro benzene ring substituents is 1. The Hall–Kier alpha value is -1.69. The maximum Gasteiger partial charge on any atom is 0.271 e. The number of fused-ring (bicyclic) bond motifs is 1. The first-order chi connectivity index (χ1) is 11.5. The molecule has 0 atom stereocenters. The topological polar surface area (TPSA) is 65.1 Å². The molecule has 2 aromatic rings. The summed E-state index contributed by atoms with van der Waals surface area (Å²) >= 11 is 3.58. The van der Waals surface area contributed by atoms with Crippen molar-refractivity contribution >= 4 is 38.4 Å². The zero-order chi connectivity index (χ0) is 17.7. The van der Waals surface area contributed by atoms with Gasteiger partial charge in [-0.3, -0.25) is 19.5 Å². The van der Waals surface area contributed by atoms with Crippen LogP contribution in [-0.4, -0.2) is 15.4 Å². The summed E-state index contributed by atoms with van der Waals surface area (Å²) in [4.78, 5) is 22.7. The summed E-state index contributed by atoms with van der Waals surface area (Å²) in [5.41, 5.74) is 1.51. The van der Waals surface area contributed by atoms with E-state index in [1.54, 1.807) is 10.6 Å². The van der Waals surface area contributed by atoms with Crippen LogP contribution in [0, 0.1) is 10.1 Å². The van der Waals surface area contributed by atoms with Gasteiger partial charge in [0.2, 0.25) is 5.91 Å². The van der Waals surface area contributed by atoms with Crippen molar-refractivity contribution in [2.45, 2.75) is 58.8 Å². The van der Waals surface area contributed by atoms with Gasteiger partial charge < -0.3 is 0 Å². The van der Waals surface area contributed by atoms with Gasteiger partial charge in [-0.2, -0.15) is 0 Å². The molecular weight excluding hydrogens is 372 g/mol. The van der Waals surface area contributed by atoms with Gasteiger partial charge in [0.25, 0.3) is 5.69 Å². The number of unbranched alkanes of at least 4 members (excludes halogenated alkanes) is 5. The molecule has 0 radical (unpaired) electrons. The van der Waals surface area contributed by atoms with Crippen LogP contribution < -0.4 is 0 Å². The summed E-state index contributed by atoms with van der Waals surface area (Å²) < 4.78 is 2.48. The van der Waals surface area contributed by atoms with Crippen LogP contribution in [0.4, 0.5) is 5.69 Å². The molecule has 0 amide bonds. The second-order valence-corrected chi connectivity index (χ2v) is 6.88. The third-order valence-electron chi connectivity index (χ3n) is 4.27. The quantitative estimate of drug-likeness (QED) is 0.319.